The first-order valence-electron chi connectivity index (χ1n) is 13.1. The van der Waals surface area contributed by atoms with Crippen LogP contribution in [0.25, 0.3) is 22.2 Å². The van der Waals surface area contributed by atoms with E-state index in [0.717, 1.165) is 23.5 Å². The normalized spacial score (nSPS) is 12.9. The van der Waals surface area contributed by atoms with Crippen LogP contribution in [0.3, 0.4) is 0 Å². The SMILES string of the molecule is CCCP(C)(C)=O.Cc1cccc(C(O)(c2ccc3c(c2)c(-c2ccc(O)cn2)cc(=O)n3C)c2cnc[nH]2)c1. The van der Waals surface area contributed by atoms with Gasteiger partial charge in [-0.2, -0.15) is 0 Å². The average Bonchev–Trinajstić information content (AvgIpc) is 3.46. The van der Waals surface area contributed by atoms with Crippen molar-refractivity contribution in [1.82, 2.24) is 19.5 Å². The molecule has 1 unspecified atom stereocenters. The molecule has 3 heterocycles. The van der Waals surface area contributed by atoms with Crippen molar-refractivity contribution in [2.24, 2.45) is 7.05 Å². The molecule has 0 bridgehead atoms. The van der Waals surface area contributed by atoms with E-state index in [-0.39, 0.29) is 11.3 Å². The molecule has 0 spiro atoms. The van der Waals surface area contributed by atoms with Gasteiger partial charge >= 0.3 is 0 Å². The first-order valence-corrected chi connectivity index (χ1v) is 15.8. The lowest BCUT2D eigenvalue weighted by molar-refractivity contribution is 0.121. The highest BCUT2D eigenvalue weighted by Gasteiger charge is 2.36. The van der Waals surface area contributed by atoms with Gasteiger partial charge in [-0.1, -0.05) is 42.8 Å². The van der Waals surface area contributed by atoms with E-state index < -0.39 is 12.7 Å². The molecule has 5 rings (SSSR count). The molecule has 0 saturated carbocycles. The van der Waals surface area contributed by atoms with Gasteiger partial charge in [0.05, 0.1) is 42.8 Å². The zero-order valence-corrected chi connectivity index (χ0v) is 24.3. The summed E-state index contributed by atoms with van der Waals surface area (Å²) in [4.78, 5) is 24.1. The Morgan fingerprint density at radius 3 is 2.35 bits per heavy atom. The van der Waals surface area contributed by atoms with E-state index in [2.05, 4.69) is 21.9 Å². The summed E-state index contributed by atoms with van der Waals surface area (Å²) >= 11 is 0. The molecular weight excluding hydrogens is 523 g/mol. The van der Waals surface area contributed by atoms with Crippen LogP contribution in [0.1, 0.15) is 35.7 Å². The first kappa shape index (κ1) is 29.0. The fourth-order valence-electron chi connectivity index (χ4n) is 4.78. The van der Waals surface area contributed by atoms with Crippen molar-refractivity contribution in [3.8, 4) is 17.0 Å². The Labute approximate surface area is 233 Å². The van der Waals surface area contributed by atoms with Gasteiger partial charge in [0.15, 0.2) is 5.60 Å². The third-order valence-electron chi connectivity index (χ3n) is 6.77. The lowest BCUT2D eigenvalue weighted by Crippen LogP contribution is -2.29. The van der Waals surface area contributed by atoms with Crippen LogP contribution in [0.4, 0.5) is 0 Å². The number of aromatic nitrogens is 4. The van der Waals surface area contributed by atoms with Gasteiger partial charge in [-0.15, -0.1) is 0 Å². The number of hydrogen-bond donors (Lipinski definition) is 3. The van der Waals surface area contributed by atoms with Crippen LogP contribution >= 0.6 is 7.14 Å². The quantitative estimate of drug-likeness (QED) is 0.232. The van der Waals surface area contributed by atoms with Gasteiger partial charge in [-0.05, 0) is 62.1 Å². The average molecular weight is 559 g/mol. The number of aliphatic hydroxyl groups is 1. The molecule has 2 aromatic carbocycles. The van der Waals surface area contributed by atoms with Gasteiger partial charge in [0.1, 0.15) is 5.75 Å². The zero-order valence-electron chi connectivity index (χ0n) is 23.4. The monoisotopic (exact) mass is 558 g/mol. The maximum absolute atomic E-state index is 12.6. The van der Waals surface area contributed by atoms with Crippen molar-refractivity contribution >= 4 is 18.0 Å². The van der Waals surface area contributed by atoms with E-state index in [1.165, 1.54) is 24.7 Å². The smallest absolute Gasteiger partial charge is 0.251 e. The molecule has 0 saturated heterocycles. The minimum absolute atomic E-state index is 0.0423. The number of nitrogens with zero attached hydrogens (tertiary/aromatic N) is 3. The minimum Gasteiger partial charge on any atom is -0.506 e. The summed E-state index contributed by atoms with van der Waals surface area (Å²) in [7, 11) is 0.0426. The van der Waals surface area contributed by atoms with Crippen LogP contribution < -0.4 is 5.56 Å². The van der Waals surface area contributed by atoms with Crippen molar-refractivity contribution in [3.63, 3.8) is 0 Å². The molecule has 0 aliphatic rings. The number of pyridine rings is 2. The van der Waals surface area contributed by atoms with Gasteiger partial charge in [0, 0.05) is 30.2 Å². The minimum atomic E-state index is -1.67. The van der Waals surface area contributed by atoms with Crippen LogP contribution in [0.2, 0.25) is 0 Å². The second-order valence-corrected chi connectivity index (χ2v) is 14.0. The fourth-order valence-corrected chi connectivity index (χ4v) is 5.86. The van der Waals surface area contributed by atoms with Gasteiger partial charge in [0.2, 0.25) is 0 Å². The largest absolute Gasteiger partial charge is 0.506 e. The van der Waals surface area contributed by atoms with Crippen molar-refractivity contribution in [1.29, 1.82) is 0 Å². The maximum Gasteiger partial charge on any atom is 0.251 e. The first-order chi connectivity index (χ1) is 18.9. The number of imidazole rings is 1. The molecule has 0 fully saturated rings. The molecule has 9 heteroatoms. The molecule has 3 aromatic heterocycles. The number of nitrogens with one attached hydrogen (secondary N) is 1. The second-order valence-electron chi connectivity index (χ2n) is 10.4. The van der Waals surface area contributed by atoms with Crippen LogP contribution in [-0.4, -0.2) is 49.2 Å². The topological polar surface area (TPSA) is 121 Å². The molecule has 5 aromatic rings. The van der Waals surface area contributed by atoms with Gasteiger partial charge in [-0.3, -0.25) is 9.78 Å². The Morgan fingerprint density at radius 2 is 1.77 bits per heavy atom. The van der Waals surface area contributed by atoms with Crippen molar-refractivity contribution < 1.29 is 14.8 Å². The predicted octanol–water partition coefficient (Wildman–Crippen LogP) is 5.64. The van der Waals surface area contributed by atoms with Crippen LogP contribution in [0.5, 0.6) is 5.75 Å². The Balaban J connectivity index is 0.000000470. The predicted molar refractivity (Wildman–Crippen MR) is 161 cm³/mol. The molecule has 0 aliphatic carbocycles. The number of H-pyrrole nitrogens is 1. The molecule has 0 radical (unpaired) electrons. The van der Waals surface area contributed by atoms with Crippen molar-refractivity contribution in [2.45, 2.75) is 25.9 Å². The summed E-state index contributed by atoms with van der Waals surface area (Å²) in [5.41, 5.74) is 3.05. The summed E-state index contributed by atoms with van der Waals surface area (Å²) in [6.07, 6.45) is 6.43. The zero-order chi connectivity index (χ0) is 29.1. The highest BCUT2D eigenvalue weighted by Crippen LogP contribution is 2.38. The second kappa shape index (κ2) is 11.6. The number of hydrogen-bond acceptors (Lipinski definition) is 6. The van der Waals surface area contributed by atoms with Gasteiger partial charge < -0.3 is 24.3 Å². The fraction of sp³-hybridized carbons (Fsp3) is 0.258. The van der Waals surface area contributed by atoms with E-state index >= 15 is 0 Å². The third kappa shape index (κ3) is 6.09. The van der Waals surface area contributed by atoms with Gasteiger partial charge in [0.25, 0.3) is 5.56 Å². The molecule has 0 amide bonds. The standard InChI is InChI=1S/C26H22N4O3.C5H13OP/c1-16-4-3-5-17(10-16)26(33,24-14-27-15-29-24)18-6-9-23-21(11-18)20(12-25(32)30(23)2)22-8-7-19(31)13-28-22;1-4-5-7(2,3)6/h3-15,31,33H,1-2H3,(H,27,29);4-5H2,1-3H3. The van der Waals surface area contributed by atoms with Crippen LogP contribution in [0.15, 0.2) is 84.2 Å². The van der Waals surface area contributed by atoms with E-state index in [4.69, 9.17) is 0 Å². The van der Waals surface area contributed by atoms with Crippen molar-refractivity contribution in [2.75, 3.05) is 19.5 Å². The third-order valence-corrected chi connectivity index (χ3v) is 8.30. The molecular formula is C31H35N4O4P. The lowest BCUT2D eigenvalue weighted by atomic mass is 9.82. The number of rotatable bonds is 6. The highest BCUT2D eigenvalue weighted by atomic mass is 31.2. The van der Waals surface area contributed by atoms with Gasteiger partial charge in [-0.25, -0.2) is 4.98 Å². The maximum atomic E-state index is 12.6. The molecule has 1 atom stereocenters. The Hall–Kier alpha value is -4.00. The summed E-state index contributed by atoms with van der Waals surface area (Å²) in [5.74, 6) is 0.0423. The number of aromatic amines is 1. The van der Waals surface area contributed by atoms with E-state index in [0.29, 0.717) is 33.6 Å². The Kier molecular flexibility index (Phi) is 8.43. The van der Waals surface area contributed by atoms with Crippen LogP contribution in [0, 0.1) is 6.92 Å². The molecule has 208 valence electrons. The number of aryl methyl sites for hydroxylation is 2. The Morgan fingerprint density at radius 1 is 1.02 bits per heavy atom. The lowest BCUT2D eigenvalue weighted by Gasteiger charge is -2.29. The molecule has 40 heavy (non-hydrogen) atoms. The number of benzene rings is 2. The summed E-state index contributed by atoms with van der Waals surface area (Å²) in [6, 6.07) is 17.9. The van der Waals surface area contributed by atoms with E-state index in [1.54, 1.807) is 23.9 Å². The molecule has 3 N–H and O–H groups in total. The summed E-state index contributed by atoms with van der Waals surface area (Å²) in [6.45, 7) is 7.69. The Bertz CT molecular complexity index is 1720. The molecule has 0 aliphatic heterocycles. The number of fused-ring (bicyclic) bond motifs is 1. The van der Waals surface area contributed by atoms with Crippen LogP contribution in [-0.2, 0) is 17.2 Å². The van der Waals surface area contributed by atoms with E-state index in [9.17, 15) is 19.6 Å². The van der Waals surface area contributed by atoms with E-state index in [1.807, 2.05) is 62.7 Å². The summed E-state index contributed by atoms with van der Waals surface area (Å²) < 4.78 is 12.4. The molecule has 8 nitrogen and oxygen atoms in total. The summed E-state index contributed by atoms with van der Waals surface area (Å²) in [5, 5.41) is 22.5. The number of aromatic hydroxyl groups is 1. The van der Waals surface area contributed by atoms with Crippen molar-refractivity contribution in [3.05, 3.63) is 112 Å². The highest BCUT2D eigenvalue weighted by molar-refractivity contribution is 7.62.